The van der Waals surface area contributed by atoms with Gasteiger partial charge in [-0.15, -0.1) is 0 Å². The Hall–Kier alpha value is -1.34. The number of hydrogen-bond acceptors (Lipinski definition) is 3. The van der Waals surface area contributed by atoms with Gasteiger partial charge in [0.2, 0.25) is 5.82 Å². The van der Waals surface area contributed by atoms with E-state index in [-0.39, 0.29) is 0 Å². The zero-order valence-corrected chi connectivity index (χ0v) is 8.19. The van der Waals surface area contributed by atoms with Crippen LogP contribution in [-0.4, -0.2) is 34.1 Å². The van der Waals surface area contributed by atoms with Crippen molar-refractivity contribution in [2.75, 3.05) is 19.6 Å². The maximum atomic E-state index is 8.75. The Labute approximate surface area is 83.8 Å². The molecule has 1 aromatic heterocycles. The molecule has 0 atom stereocenters. The molecular weight excluding hydrogens is 176 g/mol. The summed E-state index contributed by atoms with van der Waals surface area (Å²) in [6, 6.07) is 2.08. The van der Waals surface area contributed by atoms with Gasteiger partial charge in [-0.1, -0.05) is 0 Å². The summed E-state index contributed by atoms with van der Waals surface area (Å²) in [5.41, 5.74) is 0. The molecule has 0 aliphatic carbocycles. The smallest absolute Gasteiger partial charge is 0.212 e. The molecule has 1 aliphatic heterocycles. The average molecular weight is 190 g/mol. The van der Waals surface area contributed by atoms with E-state index >= 15 is 0 Å². The van der Waals surface area contributed by atoms with E-state index in [1.165, 1.54) is 25.9 Å². The van der Waals surface area contributed by atoms with E-state index in [2.05, 4.69) is 16.0 Å². The lowest BCUT2D eigenvalue weighted by molar-refractivity contribution is 0.322. The summed E-state index contributed by atoms with van der Waals surface area (Å²) < 4.78 is 1.92. The number of nitriles is 1. The van der Waals surface area contributed by atoms with Gasteiger partial charge in [0.1, 0.15) is 6.07 Å². The van der Waals surface area contributed by atoms with Crippen molar-refractivity contribution < 1.29 is 0 Å². The molecular formula is C10H14N4. The van der Waals surface area contributed by atoms with Crippen LogP contribution < -0.4 is 0 Å². The molecule has 1 aliphatic rings. The maximum Gasteiger partial charge on any atom is 0.212 e. The summed E-state index contributed by atoms with van der Waals surface area (Å²) in [7, 11) is 0. The van der Waals surface area contributed by atoms with Gasteiger partial charge in [0, 0.05) is 25.5 Å². The number of rotatable bonds is 3. The first-order valence-electron chi connectivity index (χ1n) is 5.04. The molecule has 2 rings (SSSR count). The monoisotopic (exact) mass is 190 g/mol. The quantitative estimate of drug-likeness (QED) is 0.709. The first kappa shape index (κ1) is 9.22. The van der Waals surface area contributed by atoms with Crippen molar-refractivity contribution in [2.24, 2.45) is 0 Å². The topological polar surface area (TPSA) is 44.9 Å². The van der Waals surface area contributed by atoms with Crippen molar-refractivity contribution in [3.05, 3.63) is 18.2 Å². The number of hydrogen-bond donors (Lipinski definition) is 0. The fraction of sp³-hybridized carbons (Fsp3) is 0.600. The Morgan fingerprint density at radius 2 is 2.14 bits per heavy atom. The van der Waals surface area contributed by atoms with Crippen LogP contribution in [0.1, 0.15) is 18.7 Å². The molecule has 2 heterocycles. The second-order valence-electron chi connectivity index (χ2n) is 3.60. The van der Waals surface area contributed by atoms with Crippen LogP contribution in [0.3, 0.4) is 0 Å². The highest BCUT2D eigenvalue weighted by Crippen LogP contribution is 2.07. The van der Waals surface area contributed by atoms with Gasteiger partial charge >= 0.3 is 0 Å². The second-order valence-corrected chi connectivity index (χ2v) is 3.60. The maximum absolute atomic E-state index is 8.75. The van der Waals surface area contributed by atoms with Gasteiger partial charge in [0.05, 0.1) is 0 Å². The molecule has 0 aromatic carbocycles. The van der Waals surface area contributed by atoms with Gasteiger partial charge < -0.3 is 9.47 Å². The van der Waals surface area contributed by atoms with Gasteiger partial charge in [-0.3, -0.25) is 0 Å². The first-order valence-corrected chi connectivity index (χ1v) is 5.04. The molecule has 0 N–H and O–H groups in total. The summed E-state index contributed by atoms with van der Waals surface area (Å²) in [6.45, 7) is 4.32. The molecule has 0 spiro atoms. The Morgan fingerprint density at radius 3 is 2.86 bits per heavy atom. The SMILES string of the molecule is N#Cc1nccn1CCN1CCCC1. The summed E-state index contributed by atoms with van der Waals surface area (Å²) in [5, 5.41) is 8.75. The first-order chi connectivity index (χ1) is 6.90. The zero-order chi connectivity index (χ0) is 9.80. The van der Waals surface area contributed by atoms with E-state index < -0.39 is 0 Å². The van der Waals surface area contributed by atoms with E-state index in [0.717, 1.165) is 13.1 Å². The number of nitrogens with zero attached hydrogens (tertiary/aromatic N) is 4. The molecule has 14 heavy (non-hydrogen) atoms. The van der Waals surface area contributed by atoms with Gasteiger partial charge in [-0.2, -0.15) is 5.26 Å². The van der Waals surface area contributed by atoms with Crippen LogP contribution in [0, 0.1) is 11.3 Å². The van der Waals surface area contributed by atoms with Gasteiger partial charge in [-0.05, 0) is 25.9 Å². The summed E-state index contributed by atoms with van der Waals surface area (Å²) in [4.78, 5) is 6.39. The van der Waals surface area contributed by atoms with Gasteiger partial charge in [-0.25, -0.2) is 4.98 Å². The van der Waals surface area contributed by atoms with Crippen LogP contribution in [-0.2, 0) is 6.54 Å². The Balaban J connectivity index is 1.88. The minimum atomic E-state index is 0.518. The van der Waals surface area contributed by atoms with Crippen LogP contribution in [0.5, 0.6) is 0 Å². The summed E-state index contributed by atoms with van der Waals surface area (Å²) >= 11 is 0. The lowest BCUT2D eigenvalue weighted by Gasteiger charge is -2.14. The third kappa shape index (κ3) is 1.94. The molecule has 0 amide bonds. The third-order valence-corrected chi connectivity index (χ3v) is 2.67. The standard InChI is InChI=1S/C10H14N4/c11-9-10-12-3-6-14(10)8-7-13-4-1-2-5-13/h3,6H,1-2,4-5,7-8H2. The fourth-order valence-electron chi connectivity index (χ4n) is 1.86. The summed E-state index contributed by atoms with van der Waals surface area (Å²) in [6.07, 6.45) is 6.18. The highest BCUT2D eigenvalue weighted by Gasteiger charge is 2.11. The molecule has 0 bridgehead atoms. The minimum absolute atomic E-state index is 0.518. The molecule has 1 fully saturated rings. The number of imidazole rings is 1. The van der Waals surface area contributed by atoms with E-state index in [1.807, 2.05) is 10.8 Å². The van der Waals surface area contributed by atoms with Crippen LogP contribution >= 0.6 is 0 Å². The zero-order valence-electron chi connectivity index (χ0n) is 8.19. The molecule has 0 saturated carbocycles. The van der Waals surface area contributed by atoms with E-state index in [1.54, 1.807) is 6.20 Å². The van der Waals surface area contributed by atoms with Gasteiger partial charge in [0.15, 0.2) is 0 Å². The number of likely N-dealkylation sites (tertiary alicyclic amines) is 1. The highest BCUT2D eigenvalue weighted by atomic mass is 15.2. The van der Waals surface area contributed by atoms with Crippen molar-refractivity contribution in [3.8, 4) is 6.07 Å². The largest absolute Gasteiger partial charge is 0.321 e. The van der Waals surface area contributed by atoms with Crippen molar-refractivity contribution in [2.45, 2.75) is 19.4 Å². The van der Waals surface area contributed by atoms with Crippen molar-refractivity contribution in [1.82, 2.24) is 14.5 Å². The second kappa shape index (κ2) is 4.25. The minimum Gasteiger partial charge on any atom is -0.321 e. The molecule has 0 unspecified atom stereocenters. The van der Waals surface area contributed by atoms with Crippen molar-refractivity contribution in [3.63, 3.8) is 0 Å². The van der Waals surface area contributed by atoms with E-state index in [0.29, 0.717) is 5.82 Å². The summed E-state index contributed by atoms with van der Waals surface area (Å²) in [5.74, 6) is 0.518. The van der Waals surface area contributed by atoms with Crippen LogP contribution in [0.2, 0.25) is 0 Å². The predicted octanol–water partition coefficient (Wildman–Crippen LogP) is 0.851. The van der Waals surface area contributed by atoms with Crippen molar-refractivity contribution in [1.29, 1.82) is 5.26 Å². The molecule has 74 valence electrons. The van der Waals surface area contributed by atoms with Crippen LogP contribution in [0.25, 0.3) is 0 Å². The highest BCUT2D eigenvalue weighted by molar-refractivity contribution is 5.10. The Morgan fingerprint density at radius 1 is 1.36 bits per heavy atom. The molecule has 4 nitrogen and oxygen atoms in total. The molecule has 4 heteroatoms. The molecule has 1 aromatic rings. The van der Waals surface area contributed by atoms with Crippen molar-refractivity contribution >= 4 is 0 Å². The van der Waals surface area contributed by atoms with Gasteiger partial charge in [0.25, 0.3) is 0 Å². The van der Waals surface area contributed by atoms with Crippen LogP contribution in [0.4, 0.5) is 0 Å². The lowest BCUT2D eigenvalue weighted by Crippen LogP contribution is -2.24. The van der Waals surface area contributed by atoms with E-state index in [9.17, 15) is 0 Å². The lowest BCUT2D eigenvalue weighted by atomic mass is 10.4. The normalized spacial score (nSPS) is 17.1. The Kier molecular flexibility index (Phi) is 2.80. The van der Waals surface area contributed by atoms with E-state index in [4.69, 9.17) is 5.26 Å². The molecule has 0 radical (unpaired) electrons. The third-order valence-electron chi connectivity index (χ3n) is 2.67. The Bertz CT molecular complexity index is 330. The predicted molar refractivity (Wildman–Crippen MR) is 52.6 cm³/mol. The number of aromatic nitrogens is 2. The van der Waals surface area contributed by atoms with Crippen LogP contribution in [0.15, 0.2) is 12.4 Å². The average Bonchev–Trinajstić information content (AvgIpc) is 2.85. The molecule has 1 saturated heterocycles. The fourth-order valence-corrected chi connectivity index (χ4v) is 1.86.